The van der Waals surface area contributed by atoms with Crippen LogP contribution in [0.4, 0.5) is 26.8 Å². The summed E-state index contributed by atoms with van der Waals surface area (Å²) in [6.45, 7) is -0.209. The summed E-state index contributed by atoms with van der Waals surface area (Å²) in [6.07, 6.45) is 0.273. The van der Waals surface area contributed by atoms with Gasteiger partial charge < -0.3 is 16.4 Å². The van der Waals surface area contributed by atoms with E-state index in [-0.39, 0.29) is 36.5 Å². The van der Waals surface area contributed by atoms with E-state index in [1.54, 1.807) is 0 Å². The molecular formula is C26H22FN7O2. The second-order valence-electron chi connectivity index (χ2n) is 8.32. The van der Waals surface area contributed by atoms with Gasteiger partial charge in [0, 0.05) is 12.1 Å². The number of benzene rings is 3. The Bertz CT molecular complexity index is 1400. The molecule has 36 heavy (non-hydrogen) atoms. The summed E-state index contributed by atoms with van der Waals surface area (Å²) < 4.78 is 13.2. The fraction of sp³-hybridized carbons (Fsp3) is 0.115. The summed E-state index contributed by atoms with van der Waals surface area (Å²) in [4.78, 5) is 40.5. The Hall–Kier alpha value is -4.86. The minimum atomic E-state index is -1.28. The average Bonchev–Trinajstić information content (AvgIpc) is 3.11. The van der Waals surface area contributed by atoms with E-state index < -0.39 is 17.5 Å². The molecule has 5 rings (SSSR count). The number of hydrogen-bond donors (Lipinski definition) is 3. The van der Waals surface area contributed by atoms with E-state index in [1.165, 1.54) is 24.3 Å². The van der Waals surface area contributed by atoms with Crippen molar-refractivity contribution in [1.82, 2.24) is 25.2 Å². The summed E-state index contributed by atoms with van der Waals surface area (Å²) in [6, 6.07) is 23.7. The fourth-order valence-electron chi connectivity index (χ4n) is 4.18. The first-order valence-corrected chi connectivity index (χ1v) is 11.2. The van der Waals surface area contributed by atoms with E-state index in [4.69, 9.17) is 5.73 Å². The van der Waals surface area contributed by atoms with E-state index in [9.17, 15) is 14.0 Å². The highest BCUT2D eigenvalue weighted by Gasteiger charge is 2.52. The molecule has 0 bridgehead atoms. The van der Waals surface area contributed by atoms with Gasteiger partial charge in [0.2, 0.25) is 11.9 Å². The molecule has 1 aliphatic heterocycles. The third kappa shape index (κ3) is 4.56. The Labute approximate surface area is 206 Å². The van der Waals surface area contributed by atoms with Gasteiger partial charge in [0.05, 0.1) is 6.54 Å². The highest BCUT2D eigenvalue weighted by molar-refractivity contribution is 6.07. The smallest absolute Gasteiger partial charge is 0.325 e. The predicted molar refractivity (Wildman–Crippen MR) is 131 cm³/mol. The second kappa shape index (κ2) is 9.41. The van der Waals surface area contributed by atoms with Crippen molar-refractivity contribution in [2.24, 2.45) is 0 Å². The minimum absolute atomic E-state index is 0.0877. The first kappa shape index (κ1) is 22.9. The third-order valence-corrected chi connectivity index (χ3v) is 5.85. The number of carbonyl (C=O) groups is 2. The number of anilines is 3. The lowest BCUT2D eigenvalue weighted by Crippen LogP contribution is -2.46. The molecule has 0 unspecified atom stereocenters. The molecule has 10 heteroatoms. The lowest BCUT2D eigenvalue weighted by molar-refractivity contribution is -0.132. The zero-order valence-corrected chi connectivity index (χ0v) is 19.1. The molecule has 1 fully saturated rings. The maximum atomic E-state index is 13.8. The van der Waals surface area contributed by atoms with Gasteiger partial charge in [-0.05, 0) is 35.4 Å². The van der Waals surface area contributed by atoms with Gasteiger partial charge in [0.25, 0.3) is 5.91 Å². The topological polar surface area (TPSA) is 126 Å². The highest BCUT2D eigenvalue weighted by Crippen LogP contribution is 2.33. The van der Waals surface area contributed by atoms with Crippen molar-refractivity contribution >= 4 is 29.5 Å². The molecule has 4 aromatic rings. The number of nitrogen functional groups attached to an aromatic ring is 1. The van der Waals surface area contributed by atoms with Crippen LogP contribution in [0.25, 0.3) is 0 Å². The zero-order chi connectivity index (χ0) is 25.1. The monoisotopic (exact) mass is 483 g/mol. The van der Waals surface area contributed by atoms with Crippen molar-refractivity contribution in [3.8, 4) is 0 Å². The molecule has 0 saturated carbocycles. The van der Waals surface area contributed by atoms with Crippen molar-refractivity contribution in [1.29, 1.82) is 0 Å². The molecule has 9 nitrogen and oxygen atoms in total. The van der Waals surface area contributed by atoms with Crippen LogP contribution in [0.2, 0.25) is 0 Å². The van der Waals surface area contributed by atoms with E-state index in [0.29, 0.717) is 11.3 Å². The normalized spacial score (nSPS) is 17.2. The van der Waals surface area contributed by atoms with Gasteiger partial charge in [-0.3, -0.25) is 9.69 Å². The van der Waals surface area contributed by atoms with Gasteiger partial charge in [-0.2, -0.15) is 15.0 Å². The number of urea groups is 1. The van der Waals surface area contributed by atoms with E-state index >= 15 is 0 Å². The number of aromatic nitrogens is 3. The number of amides is 3. The quantitative estimate of drug-likeness (QED) is 0.343. The van der Waals surface area contributed by atoms with Gasteiger partial charge in [-0.25, -0.2) is 9.18 Å². The number of nitrogens with two attached hydrogens (primary N) is 1. The first-order chi connectivity index (χ1) is 17.4. The highest BCUT2D eigenvalue weighted by atomic mass is 19.1. The SMILES string of the molecule is Nc1nc(CN2C(=O)N[C@](Cc3ccccc3)(c3ccccc3)C2=O)nc(Nc2ccc(F)cc2)n1. The molecule has 1 atom stereocenters. The van der Waals surface area contributed by atoms with Crippen molar-refractivity contribution in [3.63, 3.8) is 0 Å². The molecule has 1 saturated heterocycles. The third-order valence-electron chi connectivity index (χ3n) is 5.85. The molecule has 3 aromatic carbocycles. The van der Waals surface area contributed by atoms with Gasteiger partial charge in [-0.15, -0.1) is 0 Å². The summed E-state index contributed by atoms with van der Waals surface area (Å²) in [5.74, 6) is -0.661. The van der Waals surface area contributed by atoms with Crippen LogP contribution in [-0.2, 0) is 23.3 Å². The van der Waals surface area contributed by atoms with Crippen molar-refractivity contribution in [3.05, 3.63) is 108 Å². The zero-order valence-electron chi connectivity index (χ0n) is 19.1. The average molecular weight is 484 g/mol. The van der Waals surface area contributed by atoms with Crippen molar-refractivity contribution in [2.45, 2.75) is 18.5 Å². The van der Waals surface area contributed by atoms with Crippen LogP contribution in [0.15, 0.2) is 84.9 Å². The van der Waals surface area contributed by atoms with Crippen LogP contribution in [0.1, 0.15) is 17.0 Å². The first-order valence-electron chi connectivity index (χ1n) is 11.2. The van der Waals surface area contributed by atoms with Gasteiger partial charge >= 0.3 is 6.03 Å². The number of halogens is 1. The van der Waals surface area contributed by atoms with Crippen molar-refractivity contribution < 1.29 is 14.0 Å². The fourth-order valence-corrected chi connectivity index (χ4v) is 4.18. The number of hydrogen-bond acceptors (Lipinski definition) is 7. The van der Waals surface area contributed by atoms with Crippen LogP contribution in [0.5, 0.6) is 0 Å². The maximum absolute atomic E-state index is 13.8. The minimum Gasteiger partial charge on any atom is -0.368 e. The number of nitrogens with zero attached hydrogens (tertiary/aromatic N) is 4. The van der Waals surface area contributed by atoms with Crippen LogP contribution in [0.3, 0.4) is 0 Å². The Morgan fingerprint density at radius 3 is 2.25 bits per heavy atom. The lowest BCUT2D eigenvalue weighted by atomic mass is 9.83. The summed E-state index contributed by atoms with van der Waals surface area (Å²) >= 11 is 0. The number of carbonyl (C=O) groups excluding carboxylic acids is 2. The van der Waals surface area contributed by atoms with E-state index in [0.717, 1.165) is 10.5 Å². The number of nitrogens with one attached hydrogen (secondary N) is 2. The van der Waals surface area contributed by atoms with E-state index in [2.05, 4.69) is 25.6 Å². The second-order valence-corrected chi connectivity index (χ2v) is 8.32. The Balaban J connectivity index is 1.44. The molecule has 3 amide bonds. The van der Waals surface area contributed by atoms with E-state index in [1.807, 2.05) is 60.7 Å². The Kier molecular flexibility index (Phi) is 5.99. The van der Waals surface area contributed by atoms with Crippen LogP contribution < -0.4 is 16.4 Å². The summed E-state index contributed by atoms with van der Waals surface area (Å²) in [5, 5.41) is 5.83. The molecule has 0 aliphatic carbocycles. The molecular weight excluding hydrogens is 461 g/mol. The molecule has 1 aromatic heterocycles. The summed E-state index contributed by atoms with van der Waals surface area (Å²) in [7, 11) is 0. The molecule has 0 spiro atoms. The number of imide groups is 1. The van der Waals surface area contributed by atoms with Gasteiger partial charge in [-0.1, -0.05) is 60.7 Å². The largest absolute Gasteiger partial charge is 0.368 e. The van der Waals surface area contributed by atoms with Crippen LogP contribution in [0, 0.1) is 5.82 Å². The standard InChI is InChI=1S/C26H22FN7O2/c27-19-11-13-20(14-12-19)29-24-31-21(30-23(28)32-24)16-34-22(35)26(33-25(34)36,18-9-5-2-6-10-18)15-17-7-3-1-4-8-17/h1-14H,15-16H2,(H,33,36)(H3,28,29,30,31,32)/t26-/m1/s1. The van der Waals surface area contributed by atoms with Crippen LogP contribution >= 0.6 is 0 Å². The number of rotatable bonds is 7. The predicted octanol–water partition coefficient (Wildman–Crippen LogP) is 3.53. The lowest BCUT2D eigenvalue weighted by Gasteiger charge is -2.27. The molecule has 0 radical (unpaired) electrons. The molecule has 1 aliphatic rings. The van der Waals surface area contributed by atoms with Crippen LogP contribution in [-0.4, -0.2) is 31.8 Å². The van der Waals surface area contributed by atoms with Gasteiger partial charge in [0.15, 0.2) is 11.4 Å². The Morgan fingerprint density at radius 1 is 0.889 bits per heavy atom. The molecule has 4 N–H and O–H groups in total. The van der Waals surface area contributed by atoms with Crippen molar-refractivity contribution in [2.75, 3.05) is 11.1 Å². The molecule has 180 valence electrons. The molecule has 2 heterocycles. The Morgan fingerprint density at radius 2 is 1.56 bits per heavy atom. The maximum Gasteiger partial charge on any atom is 0.325 e. The summed E-state index contributed by atoms with van der Waals surface area (Å²) in [5.41, 5.74) is 6.68. The van der Waals surface area contributed by atoms with Gasteiger partial charge in [0.1, 0.15) is 5.82 Å².